The van der Waals surface area contributed by atoms with E-state index in [2.05, 4.69) is 15.3 Å². The van der Waals surface area contributed by atoms with E-state index in [1.165, 1.54) is 17.9 Å². The molecule has 4 N–H and O–H groups in total. The van der Waals surface area contributed by atoms with Gasteiger partial charge in [-0.3, -0.25) is 20.1 Å². The van der Waals surface area contributed by atoms with Crippen LogP contribution >= 0.6 is 0 Å². The first-order chi connectivity index (χ1) is 13.1. The molecule has 1 fully saturated rings. The number of carbonyl (C=O) groups excluding carboxylic acids is 1. The lowest BCUT2D eigenvalue weighted by atomic mass is 10.0. The van der Waals surface area contributed by atoms with E-state index in [0.717, 1.165) is 18.4 Å². The number of aromatic nitrogens is 2. The van der Waals surface area contributed by atoms with Crippen molar-refractivity contribution in [2.75, 3.05) is 18.0 Å². The van der Waals surface area contributed by atoms with Crippen LogP contribution in [0.2, 0.25) is 0 Å². The lowest BCUT2D eigenvalue weighted by molar-refractivity contribution is -0.140. The third-order valence-electron chi connectivity index (χ3n) is 4.56. The Morgan fingerprint density at radius 1 is 1.11 bits per heavy atom. The number of benzene rings is 1. The Labute approximate surface area is 156 Å². The molecule has 9 nitrogen and oxygen atoms in total. The number of nitrogens with one attached hydrogen (secondary N) is 2. The average molecular weight is 371 g/mol. The van der Waals surface area contributed by atoms with Gasteiger partial charge in [-0.05, 0) is 18.4 Å². The predicted molar refractivity (Wildman–Crippen MR) is 96.5 cm³/mol. The van der Waals surface area contributed by atoms with E-state index >= 15 is 0 Å². The number of aliphatic carboxylic acids is 1. The maximum Gasteiger partial charge on any atom is 0.325 e. The van der Waals surface area contributed by atoms with Crippen molar-refractivity contribution in [2.24, 2.45) is 0 Å². The standard InChI is InChI=1S/C18H21N5O4/c24-16(22-27)13-10-19-18(20-11-13)23-8-6-14(7-9-23)21-15(17(25)26)12-4-2-1-3-5-12/h1-5,10-11,14-15,21,27H,6-9H2,(H,22,24)(H,25,26)/t15-/m0/s1. The van der Waals surface area contributed by atoms with Crippen molar-refractivity contribution in [3.63, 3.8) is 0 Å². The van der Waals surface area contributed by atoms with Crippen LogP contribution in [0, 0.1) is 0 Å². The summed E-state index contributed by atoms with van der Waals surface area (Å²) in [4.78, 5) is 33.2. The number of amides is 1. The molecule has 1 aliphatic heterocycles. The highest BCUT2D eigenvalue weighted by Gasteiger charge is 2.27. The number of hydroxylamine groups is 1. The largest absolute Gasteiger partial charge is 0.480 e. The first-order valence-corrected chi connectivity index (χ1v) is 8.63. The van der Waals surface area contributed by atoms with Crippen LogP contribution < -0.4 is 15.7 Å². The molecule has 0 bridgehead atoms. The Morgan fingerprint density at radius 2 is 1.74 bits per heavy atom. The van der Waals surface area contributed by atoms with Gasteiger partial charge in [0.15, 0.2) is 0 Å². The molecular formula is C18H21N5O4. The van der Waals surface area contributed by atoms with Gasteiger partial charge in [0.1, 0.15) is 6.04 Å². The summed E-state index contributed by atoms with van der Waals surface area (Å²) >= 11 is 0. The molecule has 0 saturated carbocycles. The normalized spacial score (nSPS) is 16.0. The van der Waals surface area contributed by atoms with E-state index in [1.807, 2.05) is 23.1 Å². The number of carboxylic acids is 1. The fourth-order valence-corrected chi connectivity index (χ4v) is 3.10. The molecule has 1 aliphatic rings. The second kappa shape index (κ2) is 8.56. The van der Waals surface area contributed by atoms with Gasteiger partial charge >= 0.3 is 5.97 Å². The summed E-state index contributed by atoms with van der Waals surface area (Å²) in [5, 5.41) is 21.4. The molecule has 2 aromatic rings. The topological polar surface area (TPSA) is 128 Å². The molecule has 142 valence electrons. The maximum absolute atomic E-state index is 11.6. The number of hydrogen-bond donors (Lipinski definition) is 4. The summed E-state index contributed by atoms with van der Waals surface area (Å²) in [6.45, 7) is 1.34. The van der Waals surface area contributed by atoms with E-state index in [4.69, 9.17) is 5.21 Å². The monoisotopic (exact) mass is 371 g/mol. The molecule has 1 aromatic carbocycles. The second-order valence-electron chi connectivity index (χ2n) is 6.32. The van der Waals surface area contributed by atoms with Crippen LogP contribution in [0.15, 0.2) is 42.7 Å². The number of rotatable bonds is 6. The van der Waals surface area contributed by atoms with E-state index in [1.54, 1.807) is 12.1 Å². The molecule has 9 heteroatoms. The lowest BCUT2D eigenvalue weighted by Crippen LogP contribution is -2.45. The van der Waals surface area contributed by atoms with Gasteiger partial charge in [-0.1, -0.05) is 30.3 Å². The second-order valence-corrected chi connectivity index (χ2v) is 6.32. The zero-order chi connectivity index (χ0) is 19.2. The summed E-state index contributed by atoms with van der Waals surface area (Å²) < 4.78 is 0. The van der Waals surface area contributed by atoms with E-state index in [9.17, 15) is 14.7 Å². The van der Waals surface area contributed by atoms with Crippen LogP contribution in [0.4, 0.5) is 5.95 Å². The van der Waals surface area contributed by atoms with E-state index in [-0.39, 0.29) is 11.6 Å². The first kappa shape index (κ1) is 18.7. The van der Waals surface area contributed by atoms with Crippen molar-refractivity contribution in [1.82, 2.24) is 20.8 Å². The number of anilines is 1. The van der Waals surface area contributed by atoms with E-state index < -0.39 is 17.9 Å². The van der Waals surface area contributed by atoms with Crippen molar-refractivity contribution in [3.05, 3.63) is 53.9 Å². The number of nitrogens with zero attached hydrogens (tertiary/aromatic N) is 3. The summed E-state index contributed by atoms with van der Waals surface area (Å²) in [6.07, 6.45) is 4.21. The highest BCUT2D eigenvalue weighted by molar-refractivity contribution is 5.92. The van der Waals surface area contributed by atoms with Crippen LogP contribution in [0.1, 0.15) is 34.8 Å². The van der Waals surface area contributed by atoms with Gasteiger partial charge in [-0.2, -0.15) is 0 Å². The Balaban J connectivity index is 1.58. The van der Waals surface area contributed by atoms with Crippen LogP contribution in [-0.2, 0) is 4.79 Å². The summed E-state index contributed by atoms with van der Waals surface area (Å²) in [5.74, 6) is -1.06. The van der Waals surface area contributed by atoms with Crippen molar-refractivity contribution in [3.8, 4) is 0 Å². The minimum absolute atomic E-state index is 0.0713. The molecule has 27 heavy (non-hydrogen) atoms. The summed E-state index contributed by atoms with van der Waals surface area (Å²) in [5.41, 5.74) is 2.44. The number of carboxylic acid groups (broad SMARTS) is 1. The smallest absolute Gasteiger partial charge is 0.325 e. The fraction of sp³-hybridized carbons (Fsp3) is 0.333. The van der Waals surface area contributed by atoms with E-state index in [0.29, 0.717) is 19.0 Å². The number of piperidine rings is 1. The molecule has 0 spiro atoms. The molecule has 1 saturated heterocycles. The highest BCUT2D eigenvalue weighted by Crippen LogP contribution is 2.20. The quantitative estimate of drug-likeness (QED) is 0.437. The molecule has 0 radical (unpaired) electrons. The number of hydrogen-bond acceptors (Lipinski definition) is 7. The Hall–Kier alpha value is -3.04. The van der Waals surface area contributed by atoms with Crippen LogP contribution in [-0.4, -0.2) is 51.3 Å². The summed E-state index contributed by atoms with van der Waals surface area (Å²) in [7, 11) is 0. The minimum Gasteiger partial charge on any atom is -0.480 e. The van der Waals surface area contributed by atoms with Crippen molar-refractivity contribution < 1.29 is 19.9 Å². The molecule has 1 amide bonds. The maximum atomic E-state index is 11.6. The molecule has 1 atom stereocenters. The van der Waals surface area contributed by atoms with Crippen molar-refractivity contribution in [2.45, 2.75) is 24.9 Å². The SMILES string of the molecule is O=C(NO)c1cnc(N2CCC(N[C@H](C(=O)O)c3ccccc3)CC2)nc1. The predicted octanol–water partition coefficient (Wildman–Crippen LogP) is 0.980. The Kier molecular flexibility index (Phi) is 5.94. The highest BCUT2D eigenvalue weighted by atomic mass is 16.5. The Bertz CT molecular complexity index is 776. The van der Waals surface area contributed by atoms with Gasteiger partial charge < -0.3 is 10.0 Å². The van der Waals surface area contributed by atoms with Crippen LogP contribution in [0.5, 0.6) is 0 Å². The lowest BCUT2D eigenvalue weighted by Gasteiger charge is -2.33. The molecule has 3 rings (SSSR count). The average Bonchev–Trinajstić information content (AvgIpc) is 2.72. The van der Waals surface area contributed by atoms with Crippen LogP contribution in [0.3, 0.4) is 0 Å². The first-order valence-electron chi connectivity index (χ1n) is 8.63. The summed E-state index contributed by atoms with van der Waals surface area (Å²) in [6, 6.07) is 8.45. The number of carbonyl (C=O) groups is 2. The van der Waals surface area contributed by atoms with Crippen LogP contribution in [0.25, 0.3) is 0 Å². The van der Waals surface area contributed by atoms with Gasteiger partial charge in [-0.15, -0.1) is 0 Å². The van der Waals surface area contributed by atoms with Gasteiger partial charge in [0.05, 0.1) is 5.56 Å². The zero-order valence-electron chi connectivity index (χ0n) is 14.6. The molecule has 1 aromatic heterocycles. The zero-order valence-corrected chi connectivity index (χ0v) is 14.6. The fourth-order valence-electron chi connectivity index (χ4n) is 3.10. The Morgan fingerprint density at radius 3 is 2.30 bits per heavy atom. The molecule has 0 aliphatic carbocycles. The molecule has 0 unspecified atom stereocenters. The van der Waals surface area contributed by atoms with Gasteiger partial charge in [-0.25, -0.2) is 15.4 Å². The minimum atomic E-state index is -0.898. The van der Waals surface area contributed by atoms with Crippen molar-refractivity contribution in [1.29, 1.82) is 0 Å². The van der Waals surface area contributed by atoms with Gasteiger partial charge in [0, 0.05) is 31.5 Å². The third kappa shape index (κ3) is 4.57. The third-order valence-corrected chi connectivity index (χ3v) is 4.56. The molecule has 2 heterocycles. The van der Waals surface area contributed by atoms with Crippen molar-refractivity contribution >= 4 is 17.8 Å². The van der Waals surface area contributed by atoms with Gasteiger partial charge in [0.25, 0.3) is 5.91 Å². The molecular weight excluding hydrogens is 350 g/mol. The van der Waals surface area contributed by atoms with Gasteiger partial charge in [0.2, 0.25) is 5.95 Å².